The van der Waals surface area contributed by atoms with Crippen LogP contribution >= 0.6 is 46.4 Å². The van der Waals surface area contributed by atoms with Gasteiger partial charge in [-0.25, -0.2) is 0 Å². The number of aliphatic hydroxyl groups excluding tert-OH is 2. The van der Waals surface area contributed by atoms with Crippen LogP contribution in [0.5, 0.6) is 0 Å². The van der Waals surface area contributed by atoms with Crippen molar-refractivity contribution >= 4 is 67.9 Å². The third-order valence-electron chi connectivity index (χ3n) is 5.34. The largest absolute Gasteiger partial charge is 0.384 e. The lowest BCUT2D eigenvalue weighted by Gasteiger charge is -2.30. The first-order chi connectivity index (χ1) is 13.3. The second-order valence-electron chi connectivity index (χ2n) is 6.99. The summed E-state index contributed by atoms with van der Waals surface area (Å²) in [5.74, 6) is 0. The maximum atomic E-state index is 11.1. The van der Waals surface area contributed by atoms with Crippen molar-refractivity contribution in [3.05, 3.63) is 90.9 Å². The van der Waals surface area contributed by atoms with Gasteiger partial charge in [0.25, 0.3) is 0 Å². The van der Waals surface area contributed by atoms with Crippen LogP contribution in [0.25, 0.3) is 21.5 Å². The lowest BCUT2D eigenvalue weighted by molar-refractivity contribution is 0.174. The monoisotopic (exact) mass is 448 g/mol. The Balaban J connectivity index is 1.77. The molecule has 4 aromatic carbocycles. The molecule has 0 amide bonds. The molecule has 0 aromatic heterocycles. The highest BCUT2D eigenvalue weighted by Crippen LogP contribution is 2.45. The molecular formula is C22H12Cl4O2. The Labute approximate surface area is 180 Å². The maximum Gasteiger partial charge on any atom is 0.105 e. The van der Waals surface area contributed by atoms with E-state index in [-0.39, 0.29) is 0 Å². The second-order valence-corrected chi connectivity index (χ2v) is 8.62. The molecule has 0 aliphatic heterocycles. The van der Waals surface area contributed by atoms with Crippen LogP contribution < -0.4 is 0 Å². The number of hydrogen-bond acceptors (Lipinski definition) is 2. The Hall–Kier alpha value is -1.52. The third-order valence-corrected chi connectivity index (χ3v) is 6.79. The minimum absolute atomic E-state index is 0.442. The zero-order chi connectivity index (χ0) is 19.7. The van der Waals surface area contributed by atoms with E-state index in [9.17, 15) is 10.2 Å². The molecule has 5 rings (SSSR count). The van der Waals surface area contributed by atoms with Crippen LogP contribution in [0.15, 0.2) is 48.5 Å². The summed E-state index contributed by atoms with van der Waals surface area (Å²) in [6, 6.07) is 14.4. The topological polar surface area (TPSA) is 40.5 Å². The van der Waals surface area contributed by atoms with Crippen molar-refractivity contribution in [2.45, 2.75) is 12.2 Å². The second kappa shape index (κ2) is 6.50. The van der Waals surface area contributed by atoms with E-state index in [1.54, 1.807) is 24.3 Å². The van der Waals surface area contributed by atoms with Gasteiger partial charge in [-0.1, -0.05) is 46.4 Å². The van der Waals surface area contributed by atoms with Gasteiger partial charge in [0.05, 0.1) is 20.1 Å². The van der Waals surface area contributed by atoms with Gasteiger partial charge in [-0.2, -0.15) is 0 Å². The summed E-state index contributed by atoms with van der Waals surface area (Å²) in [7, 11) is 0. The first-order valence-electron chi connectivity index (χ1n) is 8.55. The summed E-state index contributed by atoms with van der Waals surface area (Å²) in [5, 5.41) is 27.3. The van der Waals surface area contributed by atoms with Crippen molar-refractivity contribution in [3.8, 4) is 0 Å². The number of benzene rings is 4. The molecule has 0 radical (unpaired) electrons. The van der Waals surface area contributed by atoms with E-state index < -0.39 is 12.2 Å². The number of halogens is 4. The molecule has 140 valence electrons. The fourth-order valence-corrected chi connectivity index (χ4v) is 4.63. The minimum atomic E-state index is -0.883. The fraction of sp³-hybridized carbons (Fsp3) is 0.0909. The van der Waals surface area contributed by atoms with Crippen LogP contribution in [-0.2, 0) is 0 Å². The number of fused-ring (bicyclic) bond motifs is 4. The van der Waals surface area contributed by atoms with E-state index in [4.69, 9.17) is 46.4 Å². The Kier molecular flexibility index (Phi) is 4.29. The normalized spacial score (nSPS) is 18.4. The highest BCUT2D eigenvalue weighted by molar-refractivity contribution is 6.43. The van der Waals surface area contributed by atoms with Crippen LogP contribution in [0, 0.1) is 0 Å². The summed E-state index contributed by atoms with van der Waals surface area (Å²) >= 11 is 24.6. The zero-order valence-corrected chi connectivity index (χ0v) is 17.2. The summed E-state index contributed by atoms with van der Waals surface area (Å²) < 4.78 is 0. The molecule has 6 heteroatoms. The molecule has 0 heterocycles. The predicted molar refractivity (Wildman–Crippen MR) is 116 cm³/mol. The molecule has 1 aliphatic rings. The van der Waals surface area contributed by atoms with E-state index in [0.29, 0.717) is 42.3 Å². The lowest BCUT2D eigenvalue weighted by atomic mass is 9.80. The fourth-order valence-electron chi connectivity index (χ4n) is 3.94. The van der Waals surface area contributed by atoms with Gasteiger partial charge in [0, 0.05) is 0 Å². The van der Waals surface area contributed by atoms with Crippen molar-refractivity contribution in [1.82, 2.24) is 0 Å². The Morgan fingerprint density at radius 1 is 0.429 bits per heavy atom. The summed E-state index contributed by atoms with van der Waals surface area (Å²) in [5.41, 5.74) is 2.58. The van der Waals surface area contributed by atoms with E-state index >= 15 is 0 Å². The van der Waals surface area contributed by atoms with Gasteiger partial charge >= 0.3 is 0 Å². The molecule has 2 nitrogen and oxygen atoms in total. The van der Waals surface area contributed by atoms with Crippen LogP contribution in [-0.4, -0.2) is 10.2 Å². The van der Waals surface area contributed by atoms with Crippen molar-refractivity contribution in [2.24, 2.45) is 0 Å². The van der Waals surface area contributed by atoms with E-state index in [1.807, 2.05) is 24.3 Å². The van der Waals surface area contributed by atoms with Crippen molar-refractivity contribution < 1.29 is 10.2 Å². The average molecular weight is 450 g/mol. The molecule has 0 fully saturated rings. The standard InChI is InChI=1S/C22H12Cl4O2/c23-17-5-9-1-13-14(2-10(9)6-18(17)24)22(28)16-4-12-8-20(26)19(25)7-11(12)3-15(16)21(13)27/h1-8,21-22,27-28H. The molecule has 0 saturated heterocycles. The Morgan fingerprint density at radius 3 is 0.857 bits per heavy atom. The Bertz CT molecular complexity index is 1100. The van der Waals surface area contributed by atoms with E-state index in [1.165, 1.54) is 0 Å². The number of aliphatic hydroxyl groups is 2. The predicted octanol–water partition coefficient (Wildman–Crippen LogP) is 7.08. The average Bonchev–Trinajstić information content (AvgIpc) is 2.66. The van der Waals surface area contributed by atoms with Crippen LogP contribution in [0.4, 0.5) is 0 Å². The van der Waals surface area contributed by atoms with Crippen LogP contribution in [0.1, 0.15) is 34.5 Å². The summed E-state index contributed by atoms with van der Waals surface area (Å²) in [6.45, 7) is 0. The number of hydrogen-bond donors (Lipinski definition) is 2. The van der Waals surface area contributed by atoms with Gasteiger partial charge in [0.15, 0.2) is 0 Å². The smallest absolute Gasteiger partial charge is 0.105 e. The van der Waals surface area contributed by atoms with E-state index in [2.05, 4.69) is 0 Å². The van der Waals surface area contributed by atoms with Gasteiger partial charge in [-0.05, 0) is 92.3 Å². The Morgan fingerprint density at radius 2 is 0.643 bits per heavy atom. The molecule has 0 bridgehead atoms. The number of rotatable bonds is 0. The molecule has 0 saturated carbocycles. The van der Waals surface area contributed by atoms with Crippen molar-refractivity contribution in [3.63, 3.8) is 0 Å². The van der Waals surface area contributed by atoms with Crippen molar-refractivity contribution in [2.75, 3.05) is 0 Å². The van der Waals surface area contributed by atoms with Crippen LogP contribution in [0.2, 0.25) is 20.1 Å². The van der Waals surface area contributed by atoms with Crippen molar-refractivity contribution in [1.29, 1.82) is 0 Å². The molecule has 4 aromatic rings. The summed E-state index contributed by atoms with van der Waals surface area (Å²) in [6.07, 6.45) is -1.77. The van der Waals surface area contributed by atoms with Crippen LogP contribution in [0.3, 0.4) is 0 Å². The quantitative estimate of drug-likeness (QED) is 0.301. The van der Waals surface area contributed by atoms with E-state index in [0.717, 1.165) is 21.5 Å². The molecule has 1 aliphatic carbocycles. The molecule has 0 atom stereocenters. The third kappa shape index (κ3) is 2.72. The zero-order valence-electron chi connectivity index (χ0n) is 14.2. The minimum Gasteiger partial charge on any atom is -0.384 e. The first-order valence-corrected chi connectivity index (χ1v) is 10.1. The molecule has 0 spiro atoms. The maximum absolute atomic E-state index is 11.1. The highest BCUT2D eigenvalue weighted by Gasteiger charge is 2.31. The van der Waals surface area contributed by atoms with Gasteiger partial charge in [-0.3, -0.25) is 0 Å². The van der Waals surface area contributed by atoms with Gasteiger partial charge in [0.2, 0.25) is 0 Å². The van der Waals surface area contributed by atoms with Gasteiger partial charge in [0.1, 0.15) is 12.2 Å². The molecule has 28 heavy (non-hydrogen) atoms. The molecular weight excluding hydrogens is 438 g/mol. The molecule has 0 unspecified atom stereocenters. The van der Waals surface area contributed by atoms with Gasteiger partial charge < -0.3 is 10.2 Å². The van der Waals surface area contributed by atoms with Gasteiger partial charge in [-0.15, -0.1) is 0 Å². The highest BCUT2D eigenvalue weighted by atomic mass is 35.5. The first kappa shape index (κ1) is 18.5. The summed E-state index contributed by atoms with van der Waals surface area (Å²) in [4.78, 5) is 0. The lowest BCUT2D eigenvalue weighted by Crippen LogP contribution is -2.18. The SMILES string of the molecule is OC1c2cc3cc(Cl)c(Cl)cc3cc2C(O)c2cc3cc(Cl)c(Cl)cc3cc21. The molecule has 2 N–H and O–H groups in total.